The molecule has 0 spiro atoms. The van der Waals surface area contributed by atoms with E-state index in [1.807, 2.05) is 0 Å². The van der Waals surface area contributed by atoms with E-state index in [1.165, 1.54) is 24.8 Å². The fourth-order valence-corrected chi connectivity index (χ4v) is 4.10. The summed E-state index contributed by atoms with van der Waals surface area (Å²) < 4.78 is 5.22. The van der Waals surface area contributed by atoms with Crippen LogP contribution in [-0.2, 0) is 0 Å². The topological polar surface area (TPSA) is 35.2 Å². The summed E-state index contributed by atoms with van der Waals surface area (Å²) in [5.41, 5.74) is 7.45. The Labute approximate surface area is 103 Å². The predicted octanol–water partition coefficient (Wildman–Crippen LogP) is 2.78. The highest BCUT2D eigenvalue weighted by atomic mass is 16.5. The van der Waals surface area contributed by atoms with E-state index in [2.05, 4.69) is 24.3 Å². The summed E-state index contributed by atoms with van der Waals surface area (Å²) >= 11 is 0. The zero-order valence-electron chi connectivity index (χ0n) is 10.4. The normalized spacial score (nSPS) is 35.2. The summed E-state index contributed by atoms with van der Waals surface area (Å²) in [7, 11) is 1.72. The second kappa shape index (κ2) is 4.34. The Kier molecular flexibility index (Phi) is 2.83. The molecule has 2 saturated carbocycles. The summed E-state index contributed by atoms with van der Waals surface area (Å²) in [5, 5.41) is 0. The van der Waals surface area contributed by atoms with Crippen LogP contribution in [0.1, 0.15) is 30.7 Å². The number of hydrogen-bond donors (Lipinski definition) is 1. The average Bonchev–Trinajstić information content (AvgIpc) is 2.98. The van der Waals surface area contributed by atoms with Crippen LogP contribution in [-0.4, -0.2) is 13.7 Å². The van der Waals surface area contributed by atoms with Gasteiger partial charge < -0.3 is 10.5 Å². The number of nitrogens with two attached hydrogens (primary N) is 1. The first-order valence-electron chi connectivity index (χ1n) is 6.67. The molecule has 17 heavy (non-hydrogen) atoms. The van der Waals surface area contributed by atoms with E-state index in [4.69, 9.17) is 10.5 Å². The van der Waals surface area contributed by atoms with Crippen LogP contribution in [0.5, 0.6) is 5.75 Å². The fourth-order valence-electron chi connectivity index (χ4n) is 4.10. The van der Waals surface area contributed by atoms with Crippen LogP contribution in [0.4, 0.5) is 0 Å². The molecule has 0 heterocycles. The molecule has 0 unspecified atom stereocenters. The van der Waals surface area contributed by atoms with Crippen LogP contribution in [0.15, 0.2) is 24.3 Å². The van der Waals surface area contributed by atoms with Gasteiger partial charge in [-0.2, -0.15) is 0 Å². The molecular weight excluding hydrogens is 210 g/mol. The maximum Gasteiger partial charge on any atom is 0.118 e. The molecule has 1 aromatic rings. The molecule has 0 amide bonds. The lowest BCUT2D eigenvalue weighted by molar-refractivity contribution is 0.295. The molecular formula is C15H21NO. The van der Waals surface area contributed by atoms with Crippen LogP contribution < -0.4 is 10.5 Å². The van der Waals surface area contributed by atoms with Crippen molar-refractivity contribution < 1.29 is 4.74 Å². The number of benzene rings is 1. The van der Waals surface area contributed by atoms with Crippen LogP contribution in [0.3, 0.4) is 0 Å². The molecule has 1 aromatic carbocycles. The number of hydrogen-bond acceptors (Lipinski definition) is 2. The van der Waals surface area contributed by atoms with Crippen molar-refractivity contribution in [1.29, 1.82) is 0 Å². The molecule has 0 aromatic heterocycles. The second-order valence-electron chi connectivity index (χ2n) is 5.53. The van der Waals surface area contributed by atoms with Gasteiger partial charge in [0.15, 0.2) is 0 Å². The smallest absolute Gasteiger partial charge is 0.118 e. The summed E-state index contributed by atoms with van der Waals surface area (Å²) in [6, 6.07) is 8.61. The van der Waals surface area contributed by atoms with Crippen molar-refractivity contribution in [3.63, 3.8) is 0 Å². The van der Waals surface area contributed by atoms with Crippen molar-refractivity contribution in [3.8, 4) is 5.75 Å². The first-order chi connectivity index (χ1) is 8.33. The van der Waals surface area contributed by atoms with Crippen molar-refractivity contribution >= 4 is 0 Å². The molecule has 2 N–H and O–H groups in total. The highest BCUT2D eigenvalue weighted by Crippen LogP contribution is 2.56. The molecule has 4 atom stereocenters. The first-order valence-corrected chi connectivity index (χ1v) is 6.67. The average molecular weight is 231 g/mol. The van der Waals surface area contributed by atoms with Crippen LogP contribution in [0, 0.1) is 17.8 Å². The molecule has 3 rings (SSSR count). The first kappa shape index (κ1) is 11.1. The van der Waals surface area contributed by atoms with Gasteiger partial charge in [-0.3, -0.25) is 0 Å². The number of fused-ring (bicyclic) bond motifs is 2. The van der Waals surface area contributed by atoms with Gasteiger partial charge in [0, 0.05) is 0 Å². The highest BCUT2D eigenvalue weighted by molar-refractivity contribution is 5.31. The van der Waals surface area contributed by atoms with E-state index in [9.17, 15) is 0 Å². The third kappa shape index (κ3) is 1.75. The van der Waals surface area contributed by atoms with E-state index in [1.54, 1.807) is 7.11 Å². The largest absolute Gasteiger partial charge is 0.497 e. The summed E-state index contributed by atoms with van der Waals surface area (Å²) in [4.78, 5) is 0. The summed E-state index contributed by atoms with van der Waals surface area (Å²) in [5.74, 6) is 4.12. The van der Waals surface area contributed by atoms with E-state index < -0.39 is 0 Å². The quantitative estimate of drug-likeness (QED) is 0.868. The minimum Gasteiger partial charge on any atom is -0.497 e. The van der Waals surface area contributed by atoms with Crippen molar-refractivity contribution in [1.82, 2.24) is 0 Å². The maximum absolute atomic E-state index is 5.98. The van der Waals surface area contributed by atoms with Crippen molar-refractivity contribution in [2.75, 3.05) is 13.7 Å². The predicted molar refractivity (Wildman–Crippen MR) is 69.1 cm³/mol. The lowest BCUT2D eigenvalue weighted by Crippen LogP contribution is -2.27. The second-order valence-corrected chi connectivity index (χ2v) is 5.53. The number of ether oxygens (including phenoxy) is 1. The van der Waals surface area contributed by atoms with E-state index in [0.717, 1.165) is 24.1 Å². The molecule has 2 aliphatic carbocycles. The number of methoxy groups -OCH3 is 1. The van der Waals surface area contributed by atoms with Crippen LogP contribution in [0.2, 0.25) is 0 Å². The number of rotatable bonds is 3. The molecule has 0 radical (unpaired) electrons. The zero-order valence-corrected chi connectivity index (χ0v) is 10.4. The van der Waals surface area contributed by atoms with E-state index in [0.29, 0.717) is 11.8 Å². The Hall–Kier alpha value is -1.02. The molecule has 2 fully saturated rings. The van der Waals surface area contributed by atoms with Gasteiger partial charge in [0.05, 0.1) is 7.11 Å². The van der Waals surface area contributed by atoms with Crippen LogP contribution >= 0.6 is 0 Å². The van der Waals surface area contributed by atoms with Gasteiger partial charge in [0.2, 0.25) is 0 Å². The highest BCUT2D eigenvalue weighted by Gasteiger charge is 2.47. The summed E-state index contributed by atoms with van der Waals surface area (Å²) in [6.07, 6.45) is 4.20. The molecule has 0 saturated heterocycles. The summed E-state index contributed by atoms with van der Waals surface area (Å²) in [6.45, 7) is 0.845. The molecule has 2 aliphatic rings. The van der Waals surface area contributed by atoms with Crippen LogP contribution in [0.25, 0.3) is 0 Å². The van der Waals surface area contributed by atoms with Gasteiger partial charge >= 0.3 is 0 Å². The third-order valence-electron chi connectivity index (χ3n) is 4.86. The fraction of sp³-hybridized carbons (Fsp3) is 0.600. The maximum atomic E-state index is 5.98. The molecule has 2 heteroatoms. The van der Waals surface area contributed by atoms with Crippen molar-refractivity contribution in [2.45, 2.75) is 25.2 Å². The Morgan fingerprint density at radius 3 is 2.53 bits per heavy atom. The third-order valence-corrected chi connectivity index (χ3v) is 4.86. The Morgan fingerprint density at radius 1 is 1.18 bits per heavy atom. The van der Waals surface area contributed by atoms with E-state index >= 15 is 0 Å². The molecule has 2 bridgehead atoms. The van der Waals surface area contributed by atoms with Gasteiger partial charge in [0.25, 0.3) is 0 Å². The Balaban J connectivity index is 1.87. The molecule has 0 aliphatic heterocycles. The van der Waals surface area contributed by atoms with Crippen molar-refractivity contribution in [2.24, 2.45) is 23.5 Å². The lowest BCUT2D eigenvalue weighted by atomic mass is 9.75. The van der Waals surface area contributed by atoms with Crippen molar-refractivity contribution in [3.05, 3.63) is 29.8 Å². The Morgan fingerprint density at radius 2 is 1.88 bits per heavy atom. The minimum absolute atomic E-state index is 0.699. The monoisotopic (exact) mass is 231 g/mol. The minimum atomic E-state index is 0.699. The standard InChI is InChI=1S/C15H21NO/c1-17-13-6-4-10(5-7-13)15-12-3-2-11(8-12)14(15)9-16/h4-7,11-12,14-15H,2-3,8-9,16H2,1H3/t11-,12+,14-,15+/m1/s1. The zero-order chi connectivity index (χ0) is 11.8. The van der Waals surface area contributed by atoms with Gasteiger partial charge in [0.1, 0.15) is 5.75 Å². The van der Waals surface area contributed by atoms with Gasteiger partial charge in [-0.15, -0.1) is 0 Å². The van der Waals surface area contributed by atoms with Gasteiger partial charge in [-0.1, -0.05) is 12.1 Å². The Bertz CT molecular complexity index is 386. The van der Waals surface area contributed by atoms with Gasteiger partial charge in [-0.05, 0) is 67.2 Å². The molecule has 2 nitrogen and oxygen atoms in total. The molecule has 92 valence electrons. The SMILES string of the molecule is COc1ccc([C@H]2[C@H]3CC[C@H](C3)[C@H]2CN)cc1. The van der Waals surface area contributed by atoms with Gasteiger partial charge in [-0.25, -0.2) is 0 Å². The lowest BCUT2D eigenvalue weighted by Gasteiger charge is -2.30. The van der Waals surface area contributed by atoms with E-state index in [-0.39, 0.29) is 0 Å².